The minimum atomic E-state index is -3.84. The molecule has 1 spiro atoms. The van der Waals surface area contributed by atoms with E-state index in [4.69, 9.17) is 26.6 Å². The highest BCUT2D eigenvalue weighted by Crippen LogP contribution is 2.47. The van der Waals surface area contributed by atoms with E-state index in [0.29, 0.717) is 36.3 Å². The van der Waals surface area contributed by atoms with E-state index in [9.17, 15) is 18.0 Å². The maximum atomic E-state index is 13.3. The summed E-state index contributed by atoms with van der Waals surface area (Å²) in [7, 11) is -0.210. The Hall–Kier alpha value is -2.70. The first kappa shape index (κ1) is 38.5. The highest BCUT2D eigenvalue weighted by atomic mass is 35.5. The molecule has 2 aromatic carbocycles. The maximum Gasteiger partial charge on any atom is 0.264 e. The van der Waals surface area contributed by atoms with Crippen molar-refractivity contribution in [3.8, 4) is 5.75 Å². The number of carbonyl (C=O) groups excluding carboxylic acids is 2. The number of nitrogens with one attached hydrogen (secondary N) is 1. The first-order chi connectivity index (χ1) is 23.8. The number of aldehydes is 1. The minimum Gasteiger partial charge on any atom is -0.490 e. The quantitative estimate of drug-likeness (QED) is 0.383. The van der Waals surface area contributed by atoms with Crippen LogP contribution in [0.1, 0.15) is 73.9 Å². The molecule has 1 amide bonds. The summed E-state index contributed by atoms with van der Waals surface area (Å²) < 4.78 is 34.9. The number of benzene rings is 2. The summed E-state index contributed by atoms with van der Waals surface area (Å²) in [6.07, 6.45) is 7.73. The fourth-order valence-corrected chi connectivity index (χ4v) is 9.88. The standard InChI is InChI=1S/C33H41ClN2O5S.C5H13NO2/c1-21-5-6-26(17-37)28-10-7-25(28)16-36-19-33(13-3-4-23-14-27(34)9-11-29(23)33)20-41-31-12-8-24(15-30(31)36)32(38)35-42(39,40)18-22(21)2;1-6(2)5(3-7)4-8/h8-9,11-12,14-15,17,21-22,25-26,28H,3-7,10,13,16,18-20H2,1-2H3,(H,35,38);5,7-8H,3-4H2,1-2H3/t21-,22+,25+,26?,28-,33+;/m1./s1. The Morgan fingerprint density at radius 2 is 1.84 bits per heavy atom. The minimum absolute atomic E-state index is 0.0174. The van der Waals surface area contributed by atoms with E-state index in [1.165, 1.54) is 11.1 Å². The van der Waals surface area contributed by atoms with Crippen molar-refractivity contribution < 1.29 is 33.0 Å². The lowest BCUT2D eigenvalue weighted by Gasteiger charge is -2.46. The summed E-state index contributed by atoms with van der Waals surface area (Å²) in [5.41, 5.74) is 3.37. The Bertz CT molecular complexity index is 1620. The second kappa shape index (κ2) is 16.3. The van der Waals surface area contributed by atoms with Crippen molar-refractivity contribution in [2.45, 2.75) is 70.3 Å². The van der Waals surface area contributed by atoms with Crippen LogP contribution in [-0.2, 0) is 26.7 Å². The number of fused-ring (bicyclic) bond motifs is 4. The van der Waals surface area contributed by atoms with Gasteiger partial charge in [-0.15, -0.1) is 0 Å². The highest BCUT2D eigenvalue weighted by Gasteiger charge is 2.44. The lowest BCUT2D eigenvalue weighted by molar-refractivity contribution is -0.115. The molecule has 1 unspecified atom stereocenters. The van der Waals surface area contributed by atoms with Crippen LogP contribution in [-0.4, -0.2) is 94.5 Å². The summed E-state index contributed by atoms with van der Waals surface area (Å²) in [6, 6.07) is 11.3. The Morgan fingerprint density at radius 3 is 2.48 bits per heavy atom. The Morgan fingerprint density at radius 1 is 1.08 bits per heavy atom. The lowest BCUT2D eigenvalue weighted by Crippen LogP contribution is -2.49. The van der Waals surface area contributed by atoms with Crippen LogP contribution in [0.4, 0.5) is 5.69 Å². The number of rotatable bonds is 4. The second-order valence-electron chi connectivity index (χ2n) is 15.3. The van der Waals surface area contributed by atoms with E-state index in [1.807, 2.05) is 34.0 Å². The molecule has 1 fully saturated rings. The molecule has 6 rings (SSSR count). The molecule has 276 valence electrons. The van der Waals surface area contributed by atoms with Crippen molar-refractivity contribution in [3.63, 3.8) is 0 Å². The molecule has 3 N–H and O–H groups in total. The van der Waals surface area contributed by atoms with Gasteiger partial charge in [0, 0.05) is 35.0 Å². The normalized spacial score (nSPS) is 29.3. The summed E-state index contributed by atoms with van der Waals surface area (Å²) >= 11 is 6.39. The molecular weight excluding hydrogens is 678 g/mol. The Labute approximate surface area is 302 Å². The summed E-state index contributed by atoms with van der Waals surface area (Å²) in [5.74, 6) is 0.519. The van der Waals surface area contributed by atoms with E-state index in [0.717, 1.165) is 68.5 Å². The smallest absolute Gasteiger partial charge is 0.264 e. The fourth-order valence-electron chi connectivity index (χ4n) is 8.18. The lowest BCUT2D eigenvalue weighted by atomic mass is 9.65. The van der Waals surface area contributed by atoms with Crippen LogP contribution in [0.5, 0.6) is 5.75 Å². The van der Waals surface area contributed by atoms with E-state index in [2.05, 4.69) is 21.8 Å². The number of likely N-dealkylation sites (N-methyl/N-ethyl adjacent to an activating group) is 1. The number of sulfonamides is 1. The van der Waals surface area contributed by atoms with Gasteiger partial charge in [-0.25, -0.2) is 13.1 Å². The molecule has 2 aliphatic carbocycles. The van der Waals surface area contributed by atoms with Gasteiger partial charge in [-0.2, -0.15) is 0 Å². The van der Waals surface area contributed by atoms with Crippen molar-refractivity contribution in [1.29, 1.82) is 0 Å². The van der Waals surface area contributed by atoms with Gasteiger partial charge in [-0.3, -0.25) is 4.79 Å². The van der Waals surface area contributed by atoms with Crippen LogP contribution < -0.4 is 14.4 Å². The number of amides is 1. The number of aryl methyl sites for hydroxylation is 1. The molecule has 0 saturated heterocycles. The molecule has 4 aliphatic rings. The average Bonchev–Trinajstić information content (AvgIpc) is 3.21. The molecule has 0 aromatic heterocycles. The van der Waals surface area contributed by atoms with Gasteiger partial charge in [0.1, 0.15) is 12.0 Å². The number of ether oxygens (including phenoxy) is 1. The first-order valence-electron chi connectivity index (χ1n) is 18.0. The predicted molar refractivity (Wildman–Crippen MR) is 196 cm³/mol. The van der Waals surface area contributed by atoms with Gasteiger partial charge in [0.25, 0.3) is 5.91 Å². The van der Waals surface area contributed by atoms with Crippen LogP contribution in [0.3, 0.4) is 0 Å². The van der Waals surface area contributed by atoms with Crippen molar-refractivity contribution >= 4 is 39.5 Å². The van der Waals surface area contributed by atoms with Crippen LogP contribution in [0.2, 0.25) is 5.02 Å². The third kappa shape index (κ3) is 8.66. The molecule has 2 aromatic rings. The van der Waals surface area contributed by atoms with Gasteiger partial charge >= 0.3 is 0 Å². The van der Waals surface area contributed by atoms with E-state index in [-0.39, 0.29) is 48.2 Å². The number of hydrogen-bond donors (Lipinski definition) is 3. The van der Waals surface area contributed by atoms with E-state index >= 15 is 0 Å². The predicted octanol–water partition coefficient (Wildman–Crippen LogP) is 4.68. The number of halogens is 1. The van der Waals surface area contributed by atoms with Crippen molar-refractivity contribution in [1.82, 2.24) is 9.62 Å². The molecule has 2 aliphatic heterocycles. The molecule has 12 heteroatoms. The van der Waals surface area contributed by atoms with Crippen molar-refractivity contribution in [2.75, 3.05) is 57.7 Å². The second-order valence-corrected chi connectivity index (χ2v) is 17.5. The summed E-state index contributed by atoms with van der Waals surface area (Å²) in [5, 5.41) is 17.7. The fraction of sp³-hybridized carbons (Fsp3) is 0.632. The molecule has 1 saturated carbocycles. The largest absolute Gasteiger partial charge is 0.490 e. The molecule has 2 heterocycles. The third-order valence-corrected chi connectivity index (χ3v) is 13.5. The van der Waals surface area contributed by atoms with Gasteiger partial charge in [-0.1, -0.05) is 31.5 Å². The molecule has 0 radical (unpaired) electrons. The number of hydrogen-bond acceptors (Lipinski definition) is 9. The number of anilines is 1. The zero-order chi connectivity index (χ0) is 36.2. The van der Waals surface area contributed by atoms with Crippen molar-refractivity contribution in [2.24, 2.45) is 29.6 Å². The maximum absolute atomic E-state index is 13.3. The Balaban J connectivity index is 0.000000544. The molecule has 10 nitrogen and oxygen atoms in total. The average molecular weight is 732 g/mol. The van der Waals surface area contributed by atoms with Crippen LogP contribution >= 0.6 is 11.6 Å². The molecule has 6 atom stereocenters. The highest BCUT2D eigenvalue weighted by molar-refractivity contribution is 7.90. The SMILES string of the molecule is CN(C)C(CO)CO.C[C@@H]1CCC(C=O)[C@@H]2CC[C@H]2CN2C[C@@]3(CCCc4cc(Cl)ccc43)COc3ccc(cc32)C(=O)NS(=O)(=O)C[C@@H]1C. The number of aliphatic hydroxyl groups excluding tert-OH is 2. The van der Waals surface area contributed by atoms with Crippen LogP contribution in [0, 0.1) is 29.6 Å². The van der Waals surface area contributed by atoms with E-state index < -0.39 is 15.9 Å². The van der Waals surface area contributed by atoms with Crippen LogP contribution in [0.25, 0.3) is 0 Å². The number of nitrogens with zero attached hydrogens (tertiary/aromatic N) is 2. The zero-order valence-corrected chi connectivity index (χ0v) is 31.4. The summed E-state index contributed by atoms with van der Waals surface area (Å²) in [4.78, 5) is 29.8. The Kier molecular flexibility index (Phi) is 12.6. The van der Waals surface area contributed by atoms with Gasteiger partial charge in [0.2, 0.25) is 10.0 Å². The number of aliphatic hydroxyl groups is 2. The molecule has 2 bridgehead atoms. The monoisotopic (exact) mass is 731 g/mol. The van der Waals surface area contributed by atoms with Gasteiger partial charge in [0.05, 0.1) is 37.3 Å². The van der Waals surface area contributed by atoms with Gasteiger partial charge in [0.15, 0.2) is 0 Å². The van der Waals surface area contributed by atoms with Gasteiger partial charge < -0.3 is 29.5 Å². The van der Waals surface area contributed by atoms with E-state index in [1.54, 1.807) is 23.1 Å². The van der Waals surface area contributed by atoms with Crippen LogP contribution in [0.15, 0.2) is 36.4 Å². The first-order valence-corrected chi connectivity index (χ1v) is 20.0. The summed E-state index contributed by atoms with van der Waals surface area (Å²) in [6.45, 7) is 5.96. The zero-order valence-electron chi connectivity index (χ0n) is 29.8. The molecular formula is C38H54ClN3O7S. The van der Waals surface area contributed by atoms with Crippen molar-refractivity contribution in [3.05, 3.63) is 58.1 Å². The van der Waals surface area contributed by atoms with Gasteiger partial charge in [-0.05, 0) is 124 Å². The molecule has 50 heavy (non-hydrogen) atoms. The third-order valence-electron chi connectivity index (χ3n) is 11.8. The number of carbonyl (C=O) groups is 2. The topological polar surface area (TPSA) is 136 Å².